The number of nitrogens with one attached hydrogen (secondary N) is 1. The number of rotatable bonds is 4. The van der Waals surface area contributed by atoms with Crippen molar-refractivity contribution in [2.45, 2.75) is 20.8 Å². The van der Waals surface area contributed by atoms with E-state index in [1.165, 1.54) is 22.7 Å². The number of aryl methyl sites for hydroxylation is 3. The zero-order chi connectivity index (χ0) is 14.7. The number of hydrogen-bond donors (Lipinski definition) is 1. The van der Waals surface area contributed by atoms with E-state index in [1.807, 2.05) is 26.2 Å². The summed E-state index contributed by atoms with van der Waals surface area (Å²) in [4.78, 5) is 29.5. The fraction of sp³-hybridized carbons (Fsp3) is 0.308. The van der Waals surface area contributed by atoms with E-state index >= 15 is 0 Å². The molecule has 0 aromatic carbocycles. The van der Waals surface area contributed by atoms with Crippen molar-refractivity contribution in [1.29, 1.82) is 0 Å². The van der Waals surface area contributed by atoms with Crippen molar-refractivity contribution in [3.05, 3.63) is 32.5 Å². The second-order valence-corrected chi connectivity index (χ2v) is 6.56. The molecule has 0 saturated heterocycles. The molecule has 2 rings (SSSR count). The van der Waals surface area contributed by atoms with Crippen LogP contribution in [0, 0.1) is 20.8 Å². The molecule has 0 aliphatic rings. The molecule has 0 saturated carbocycles. The zero-order valence-electron chi connectivity index (χ0n) is 11.4. The first-order chi connectivity index (χ1) is 9.45. The molecule has 1 N–H and O–H groups in total. The van der Waals surface area contributed by atoms with Gasteiger partial charge in [-0.15, -0.1) is 22.7 Å². The molecule has 0 fully saturated rings. The molecule has 2 aromatic rings. The van der Waals surface area contributed by atoms with E-state index in [2.05, 4.69) is 10.3 Å². The quantitative estimate of drug-likeness (QED) is 0.882. The molecule has 0 radical (unpaired) electrons. The van der Waals surface area contributed by atoms with E-state index in [0.29, 0.717) is 10.7 Å². The summed E-state index contributed by atoms with van der Waals surface area (Å²) in [5, 5.41) is 4.92. The molecule has 1 amide bonds. The van der Waals surface area contributed by atoms with Crippen molar-refractivity contribution in [2.24, 2.45) is 0 Å². The van der Waals surface area contributed by atoms with Crippen LogP contribution in [0.4, 0.5) is 5.13 Å². The summed E-state index contributed by atoms with van der Waals surface area (Å²) in [6.45, 7) is 5.30. The van der Waals surface area contributed by atoms with Crippen LogP contribution in [0.5, 0.6) is 0 Å². The van der Waals surface area contributed by atoms with Gasteiger partial charge in [0.25, 0.3) is 5.91 Å². The van der Waals surface area contributed by atoms with Gasteiger partial charge in [0.1, 0.15) is 0 Å². The number of thiophene rings is 1. The van der Waals surface area contributed by atoms with Crippen LogP contribution in [0.1, 0.15) is 25.8 Å². The zero-order valence-corrected chi connectivity index (χ0v) is 13.0. The summed E-state index contributed by atoms with van der Waals surface area (Å²) >= 11 is 2.86. The minimum Gasteiger partial charge on any atom is -0.452 e. The van der Waals surface area contributed by atoms with Crippen molar-refractivity contribution in [3.8, 4) is 0 Å². The average molecular weight is 310 g/mol. The lowest BCUT2D eigenvalue weighted by atomic mass is 10.2. The SMILES string of the molecule is Cc1csc(NC(=O)COC(=O)c2cc(C)sc2C)n1. The molecule has 0 bridgehead atoms. The summed E-state index contributed by atoms with van der Waals surface area (Å²) in [7, 11) is 0. The molecular formula is C13H14N2O3S2. The monoisotopic (exact) mass is 310 g/mol. The second kappa shape index (κ2) is 6.15. The number of aromatic nitrogens is 1. The number of nitrogens with zero attached hydrogens (tertiary/aromatic N) is 1. The lowest BCUT2D eigenvalue weighted by molar-refractivity contribution is -0.119. The molecule has 2 aromatic heterocycles. The molecule has 20 heavy (non-hydrogen) atoms. The number of carbonyl (C=O) groups excluding carboxylic acids is 2. The van der Waals surface area contributed by atoms with Gasteiger partial charge in [0.05, 0.1) is 11.3 Å². The molecule has 2 heterocycles. The Kier molecular flexibility index (Phi) is 4.51. The Hall–Kier alpha value is -1.73. The van der Waals surface area contributed by atoms with Gasteiger partial charge in [0, 0.05) is 15.1 Å². The van der Waals surface area contributed by atoms with Crippen molar-refractivity contribution in [1.82, 2.24) is 4.98 Å². The van der Waals surface area contributed by atoms with Gasteiger partial charge in [0.15, 0.2) is 11.7 Å². The average Bonchev–Trinajstić information content (AvgIpc) is 2.92. The van der Waals surface area contributed by atoms with Gasteiger partial charge in [-0.05, 0) is 26.8 Å². The summed E-state index contributed by atoms with van der Waals surface area (Å²) in [5.41, 5.74) is 1.36. The van der Waals surface area contributed by atoms with Crippen LogP contribution in [0.2, 0.25) is 0 Å². The van der Waals surface area contributed by atoms with Crippen molar-refractivity contribution < 1.29 is 14.3 Å². The summed E-state index contributed by atoms with van der Waals surface area (Å²) < 4.78 is 5.00. The lowest BCUT2D eigenvalue weighted by Gasteiger charge is -2.04. The fourth-order valence-corrected chi connectivity index (χ4v) is 3.23. The molecule has 7 heteroatoms. The number of carbonyl (C=O) groups is 2. The Morgan fingerprint density at radius 2 is 2.10 bits per heavy atom. The fourth-order valence-electron chi connectivity index (χ4n) is 1.61. The first-order valence-corrected chi connectivity index (χ1v) is 7.61. The topological polar surface area (TPSA) is 68.3 Å². The number of amides is 1. The maximum absolute atomic E-state index is 11.8. The Morgan fingerprint density at radius 1 is 1.35 bits per heavy atom. The second-order valence-electron chi connectivity index (χ2n) is 4.25. The molecule has 0 atom stereocenters. The number of hydrogen-bond acceptors (Lipinski definition) is 6. The van der Waals surface area contributed by atoms with Crippen molar-refractivity contribution in [3.63, 3.8) is 0 Å². The summed E-state index contributed by atoms with van der Waals surface area (Å²) in [6, 6.07) is 1.77. The van der Waals surface area contributed by atoms with Gasteiger partial charge in [-0.25, -0.2) is 9.78 Å². The number of thiazole rings is 1. The molecule has 0 unspecified atom stereocenters. The molecule has 106 valence electrons. The standard InChI is InChI=1S/C13H14N2O3S2/c1-7-6-19-13(14-7)15-11(16)5-18-12(17)10-4-8(2)20-9(10)3/h4,6H,5H2,1-3H3,(H,14,15,16). The third kappa shape index (κ3) is 3.64. The number of esters is 1. The van der Waals surface area contributed by atoms with Crippen LogP contribution in [0.3, 0.4) is 0 Å². The van der Waals surface area contributed by atoms with Crippen LogP contribution in [-0.2, 0) is 9.53 Å². The van der Waals surface area contributed by atoms with Crippen molar-refractivity contribution in [2.75, 3.05) is 11.9 Å². The van der Waals surface area contributed by atoms with Crippen LogP contribution in [0.25, 0.3) is 0 Å². The highest BCUT2D eigenvalue weighted by Crippen LogP contribution is 2.21. The van der Waals surface area contributed by atoms with Crippen LogP contribution in [-0.4, -0.2) is 23.5 Å². The minimum atomic E-state index is -0.475. The van der Waals surface area contributed by atoms with Gasteiger partial charge >= 0.3 is 5.97 Å². The van der Waals surface area contributed by atoms with E-state index < -0.39 is 11.9 Å². The molecule has 0 aliphatic heterocycles. The Morgan fingerprint density at radius 3 is 2.65 bits per heavy atom. The third-order valence-electron chi connectivity index (χ3n) is 2.46. The van der Waals surface area contributed by atoms with E-state index in [1.54, 1.807) is 6.07 Å². The number of ether oxygens (including phenoxy) is 1. The van der Waals surface area contributed by atoms with Gasteiger partial charge in [-0.2, -0.15) is 0 Å². The molecular weight excluding hydrogens is 296 g/mol. The molecule has 0 aliphatic carbocycles. The van der Waals surface area contributed by atoms with Gasteiger partial charge in [-0.3, -0.25) is 10.1 Å². The Balaban J connectivity index is 1.87. The van der Waals surface area contributed by atoms with Gasteiger partial charge < -0.3 is 4.74 Å². The normalized spacial score (nSPS) is 10.3. The van der Waals surface area contributed by atoms with E-state index in [9.17, 15) is 9.59 Å². The minimum absolute atomic E-state index is 0.314. The van der Waals surface area contributed by atoms with E-state index in [4.69, 9.17) is 4.74 Å². The van der Waals surface area contributed by atoms with Crippen molar-refractivity contribution >= 4 is 39.7 Å². The first kappa shape index (κ1) is 14.7. The van der Waals surface area contributed by atoms with Crippen LogP contribution >= 0.6 is 22.7 Å². The highest BCUT2D eigenvalue weighted by atomic mass is 32.1. The summed E-state index contributed by atoms with van der Waals surface area (Å²) in [5.74, 6) is -0.866. The van der Waals surface area contributed by atoms with Crippen LogP contribution < -0.4 is 5.32 Å². The third-order valence-corrected chi connectivity index (χ3v) is 4.30. The Bertz CT molecular complexity index is 646. The van der Waals surface area contributed by atoms with Gasteiger partial charge in [0.2, 0.25) is 0 Å². The maximum Gasteiger partial charge on any atom is 0.339 e. The molecule has 5 nitrogen and oxygen atoms in total. The highest BCUT2D eigenvalue weighted by molar-refractivity contribution is 7.14. The van der Waals surface area contributed by atoms with E-state index in [0.717, 1.165) is 15.4 Å². The smallest absolute Gasteiger partial charge is 0.339 e. The first-order valence-electron chi connectivity index (χ1n) is 5.92. The highest BCUT2D eigenvalue weighted by Gasteiger charge is 2.15. The Labute approximate surface area is 124 Å². The molecule has 0 spiro atoms. The van der Waals surface area contributed by atoms with Crippen LogP contribution in [0.15, 0.2) is 11.4 Å². The lowest BCUT2D eigenvalue weighted by Crippen LogP contribution is -2.20. The predicted molar refractivity (Wildman–Crippen MR) is 79.6 cm³/mol. The summed E-state index contributed by atoms with van der Waals surface area (Å²) in [6.07, 6.45) is 0. The largest absolute Gasteiger partial charge is 0.452 e. The maximum atomic E-state index is 11.8. The van der Waals surface area contributed by atoms with E-state index in [-0.39, 0.29) is 6.61 Å². The number of anilines is 1. The predicted octanol–water partition coefficient (Wildman–Crippen LogP) is 2.93. The van der Waals surface area contributed by atoms with Gasteiger partial charge in [-0.1, -0.05) is 0 Å².